The van der Waals surface area contributed by atoms with E-state index in [0.717, 1.165) is 6.42 Å². The van der Waals surface area contributed by atoms with Crippen molar-refractivity contribution in [3.8, 4) is 0 Å². The van der Waals surface area contributed by atoms with Gasteiger partial charge in [0.25, 0.3) is 5.91 Å². The van der Waals surface area contributed by atoms with Crippen molar-refractivity contribution in [3.05, 3.63) is 35.6 Å². The molecule has 1 aromatic carbocycles. The smallest absolute Gasteiger partial charge is 0.251 e. The lowest BCUT2D eigenvalue weighted by atomic mass is 10.0. The highest BCUT2D eigenvalue weighted by Crippen LogP contribution is 2.07. The number of carbonyl (C=O) groups is 2. The zero-order chi connectivity index (χ0) is 16.7. The predicted octanol–water partition coefficient (Wildman–Crippen LogP) is 2.74. The van der Waals surface area contributed by atoms with Crippen LogP contribution < -0.4 is 10.6 Å². The monoisotopic (exact) mass is 308 g/mol. The summed E-state index contributed by atoms with van der Waals surface area (Å²) in [5.74, 6) is -0.498. The molecule has 1 atom stereocenters. The van der Waals surface area contributed by atoms with E-state index in [-0.39, 0.29) is 17.7 Å². The van der Waals surface area contributed by atoms with Crippen LogP contribution in [0.15, 0.2) is 24.3 Å². The molecule has 0 saturated carbocycles. The molecule has 4 nitrogen and oxygen atoms in total. The minimum absolute atomic E-state index is 0.0385. The summed E-state index contributed by atoms with van der Waals surface area (Å²) in [7, 11) is 0. The number of hydrogen-bond acceptors (Lipinski definition) is 2. The average molecular weight is 308 g/mol. The number of benzene rings is 1. The fourth-order valence-corrected chi connectivity index (χ4v) is 1.95. The van der Waals surface area contributed by atoms with Gasteiger partial charge in [-0.1, -0.05) is 27.7 Å². The van der Waals surface area contributed by atoms with Crippen molar-refractivity contribution in [1.82, 2.24) is 10.6 Å². The van der Waals surface area contributed by atoms with Gasteiger partial charge < -0.3 is 10.6 Å². The third-order valence-electron chi connectivity index (χ3n) is 3.36. The number of carbonyl (C=O) groups excluding carboxylic acids is 2. The summed E-state index contributed by atoms with van der Waals surface area (Å²) in [6, 6.07) is 4.64. The lowest BCUT2D eigenvalue weighted by Gasteiger charge is -2.22. The Labute approximate surface area is 131 Å². The van der Waals surface area contributed by atoms with Crippen molar-refractivity contribution < 1.29 is 14.0 Å². The molecule has 2 amide bonds. The van der Waals surface area contributed by atoms with E-state index in [4.69, 9.17) is 0 Å². The van der Waals surface area contributed by atoms with Crippen LogP contribution in [0.2, 0.25) is 0 Å². The Kier molecular flexibility index (Phi) is 7.02. The average Bonchev–Trinajstić information content (AvgIpc) is 2.44. The Balaban J connectivity index is 2.65. The highest BCUT2D eigenvalue weighted by Gasteiger charge is 2.24. The normalized spacial score (nSPS) is 12.3. The van der Waals surface area contributed by atoms with E-state index in [1.165, 1.54) is 24.3 Å². The van der Waals surface area contributed by atoms with E-state index < -0.39 is 11.9 Å². The summed E-state index contributed by atoms with van der Waals surface area (Å²) >= 11 is 0. The first kappa shape index (κ1) is 18.1. The fourth-order valence-electron chi connectivity index (χ4n) is 1.95. The maximum atomic E-state index is 12.9. The Bertz CT molecular complexity index is 498. The van der Waals surface area contributed by atoms with E-state index in [1.807, 2.05) is 13.8 Å². The Morgan fingerprint density at radius 2 is 1.68 bits per heavy atom. The Hall–Kier alpha value is -1.91. The standard InChI is InChI=1S/C17H25FN2O2/c1-11(2)9-10-19-17(22)15(12(3)4)20-16(21)13-5-7-14(18)8-6-13/h5-8,11-12,15H,9-10H2,1-4H3,(H,19,22)(H,20,21). The molecule has 0 aliphatic heterocycles. The van der Waals surface area contributed by atoms with Gasteiger partial charge in [0.1, 0.15) is 11.9 Å². The summed E-state index contributed by atoms with van der Waals surface area (Å²) in [6.07, 6.45) is 0.891. The fraction of sp³-hybridized carbons (Fsp3) is 0.529. The highest BCUT2D eigenvalue weighted by molar-refractivity contribution is 5.97. The molecule has 1 aromatic rings. The Morgan fingerprint density at radius 3 is 2.18 bits per heavy atom. The summed E-state index contributed by atoms with van der Waals surface area (Å²) < 4.78 is 12.9. The number of halogens is 1. The third-order valence-corrected chi connectivity index (χ3v) is 3.36. The van der Waals surface area contributed by atoms with Crippen LogP contribution in [-0.4, -0.2) is 24.4 Å². The van der Waals surface area contributed by atoms with Crippen LogP contribution in [0.5, 0.6) is 0 Å². The van der Waals surface area contributed by atoms with Crippen molar-refractivity contribution in [2.75, 3.05) is 6.54 Å². The molecule has 1 unspecified atom stereocenters. The molecule has 0 heterocycles. The minimum Gasteiger partial charge on any atom is -0.354 e. The summed E-state index contributed by atoms with van der Waals surface area (Å²) in [5, 5.41) is 5.56. The van der Waals surface area contributed by atoms with Crippen molar-refractivity contribution >= 4 is 11.8 Å². The third kappa shape index (κ3) is 5.84. The number of amides is 2. The minimum atomic E-state index is -0.607. The molecule has 0 aliphatic rings. The quantitative estimate of drug-likeness (QED) is 0.814. The van der Waals surface area contributed by atoms with Crippen molar-refractivity contribution in [1.29, 1.82) is 0 Å². The van der Waals surface area contributed by atoms with E-state index in [0.29, 0.717) is 18.0 Å². The first-order chi connectivity index (χ1) is 10.3. The molecule has 122 valence electrons. The molecule has 1 rings (SSSR count). The molecule has 0 aromatic heterocycles. The highest BCUT2D eigenvalue weighted by atomic mass is 19.1. The molecule has 5 heteroatoms. The van der Waals surface area contributed by atoms with E-state index in [2.05, 4.69) is 24.5 Å². The van der Waals surface area contributed by atoms with Crippen LogP contribution in [-0.2, 0) is 4.79 Å². The van der Waals surface area contributed by atoms with Gasteiger partial charge in [0.15, 0.2) is 0 Å². The van der Waals surface area contributed by atoms with Gasteiger partial charge in [-0.3, -0.25) is 9.59 Å². The van der Waals surface area contributed by atoms with Crippen LogP contribution in [0.1, 0.15) is 44.5 Å². The van der Waals surface area contributed by atoms with Gasteiger partial charge in [-0.05, 0) is 42.5 Å². The van der Waals surface area contributed by atoms with Gasteiger partial charge in [-0.2, -0.15) is 0 Å². The van der Waals surface area contributed by atoms with Gasteiger partial charge in [0.05, 0.1) is 0 Å². The molecule has 0 aliphatic carbocycles. The number of rotatable bonds is 7. The van der Waals surface area contributed by atoms with E-state index >= 15 is 0 Å². The molecule has 0 radical (unpaired) electrons. The predicted molar refractivity (Wildman–Crippen MR) is 85.0 cm³/mol. The van der Waals surface area contributed by atoms with Crippen LogP contribution in [0.4, 0.5) is 4.39 Å². The van der Waals surface area contributed by atoms with Crippen LogP contribution in [0.25, 0.3) is 0 Å². The molecular formula is C17H25FN2O2. The number of hydrogen-bond donors (Lipinski definition) is 2. The second-order valence-electron chi connectivity index (χ2n) is 6.18. The molecule has 0 bridgehead atoms. The van der Waals surface area contributed by atoms with E-state index in [9.17, 15) is 14.0 Å². The molecule has 0 spiro atoms. The van der Waals surface area contributed by atoms with Crippen LogP contribution in [0.3, 0.4) is 0 Å². The zero-order valence-electron chi connectivity index (χ0n) is 13.7. The second kappa shape index (κ2) is 8.51. The SMILES string of the molecule is CC(C)CCNC(=O)C(NC(=O)c1ccc(F)cc1)C(C)C. The summed E-state index contributed by atoms with van der Waals surface area (Å²) in [4.78, 5) is 24.3. The summed E-state index contributed by atoms with van der Waals surface area (Å²) in [5.41, 5.74) is 0.335. The van der Waals surface area contributed by atoms with Crippen LogP contribution in [0, 0.1) is 17.7 Å². The van der Waals surface area contributed by atoms with Gasteiger partial charge >= 0.3 is 0 Å². The lowest BCUT2D eigenvalue weighted by molar-refractivity contribution is -0.123. The maximum absolute atomic E-state index is 12.9. The van der Waals surface area contributed by atoms with E-state index in [1.54, 1.807) is 0 Å². The van der Waals surface area contributed by atoms with Gasteiger partial charge in [0.2, 0.25) is 5.91 Å². The van der Waals surface area contributed by atoms with Crippen molar-refractivity contribution in [2.24, 2.45) is 11.8 Å². The van der Waals surface area contributed by atoms with Crippen molar-refractivity contribution in [3.63, 3.8) is 0 Å². The van der Waals surface area contributed by atoms with Gasteiger partial charge in [-0.25, -0.2) is 4.39 Å². The number of nitrogens with one attached hydrogen (secondary N) is 2. The largest absolute Gasteiger partial charge is 0.354 e. The van der Waals surface area contributed by atoms with Gasteiger partial charge in [-0.15, -0.1) is 0 Å². The molecular weight excluding hydrogens is 283 g/mol. The second-order valence-corrected chi connectivity index (χ2v) is 6.18. The molecule has 0 fully saturated rings. The van der Waals surface area contributed by atoms with Gasteiger partial charge in [0, 0.05) is 12.1 Å². The maximum Gasteiger partial charge on any atom is 0.251 e. The first-order valence-corrected chi connectivity index (χ1v) is 7.65. The topological polar surface area (TPSA) is 58.2 Å². The Morgan fingerprint density at radius 1 is 1.09 bits per heavy atom. The van der Waals surface area contributed by atoms with Crippen molar-refractivity contribution in [2.45, 2.75) is 40.2 Å². The zero-order valence-corrected chi connectivity index (χ0v) is 13.7. The first-order valence-electron chi connectivity index (χ1n) is 7.65. The molecule has 0 saturated heterocycles. The molecule has 2 N–H and O–H groups in total. The van der Waals surface area contributed by atoms with Crippen LogP contribution >= 0.6 is 0 Å². The lowest BCUT2D eigenvalue weighted by Crippen LogP contribution is -2.50. The molecule has 22 heavy (non-hydrogen) atoms. The summed E-state index contributed by atoms with van der Waals surface area (Å²) in [6.45, 7) is 8.51.